The van der Waals surface area contributed by atoms with Crippen LogP contribution in [0.1, 0.15) is 11.3 Å². The lowest BCUT2D eigenvalue weighted by molar-refractivity contribution is 0.574. The van der Waals surface area contributed by atoms with Crippen LogP contribution in [0.25, 0.3) is 11.3 Å². The van der Waals surface area contributed by atoms with Gasteiger partial charge in [0.2, 0.25) is 5.96 Å². The van der Waals surface area contributed by atoms with Crippen LogP contribution < -0.4 is 11.5 Å². The first kappa shape index (κ1) is 13.2. The minimum Gasteiger partial charge on any atom is -0.455 e. The van der Waals surface area contributed by atoms with Gasteiger partial charge >= 0.3 is 0 Å². The molecule has 0 aliphatic carbocycles. The van der Waals surface area contributed by atoms with E-state index in [0.29, 0.717) is 16.5 Å². The molecular formula is C13H13ClN4O. The molecular weight excluding hydrogens is 264 g/mol. The molecule has 5 nitrogen and oxygen atoms in total. The molecule has 2 rings (SSSR count). The molecule has 2 aromatic rings. The maximum atomic E-state index is 5.98. The lowest BCUT2D eigenvalue weighted by Crippen LogP contribution is -2.21. The van der Waals surface area contributed by atoms with Crippen molar-refractivity contribution in [2.75, 3.05) is 0 Å². The first-order chi connectivity index (χ1) is 9.06. The van der Waals surface area contributed by atoms with Crippen LogP contribution in [-0.2, 0) is 0 Å². The SMILES string of the molecule is Cc1ccc(Cl)cc1-c1ccc(/C=N\N=C(N)N)o1. The molecule has 0 fully saturated rings. The maximum Gasteiger partial charge on any atom is 0.211 e. The van der Waals surface area contributed by atoms with E-state index in [-0.39, 0.29) is 5.96 Å². The molecule has 0 aliphatic rings. The van der Waals surface area contributed by atoms with Crippen LogP contribution in [0.2, 0.25) is 5.02 Å². The first-order valence-electron chi connectivity index (χ1n) is 5.54. The fourth-order valence-corrected chi connectivity index (χ4v) is 1.75. The summed E-state index contributed by atoms with van der Waals surface area (Å²) < 4.78 is 5.63. The van der Waals surface area contributed by atoms with Gasteiger partial charge in [-0.15, -0.1) is 5.10 Å². The number of nitrogens with two attached hydrogens (primary N) is 2. The molecule has 0 unspecified atom stereocenters. The van der Waals surface area contributed by atoms with E-state index in [2.05, 4.69) is 10.2 Å². The lowest BCUT2D eigenvalue weighted by atomic mass is 10.1. The van der Waals surface area contributed by atoms with Gasteiger partial charge in [0, 0.05) is 10.6 Å². The Balaban J connectivity index is 2.28. The van der Waals surface area contributed by atoms with Crippen molar-refractivity contribution >= 4 is 23.8 Å². The van der Waals surface area contributed by atoms with Crippen LogP contribution in [0.5, 0.6) is 0 Å². The third kappa shape index (κ3) is 3.35. The monoisotopic (exact) mass is 276 g/mol. The van der Waals surface area contributed by atoms with Gasteiger partial charge in [-0.05, 0) is 36.8 Å². The molecule has 1 aromatic carbocycles. The smallest absolute Gasteiger partial charge is 0.211 e. The highest BCUT2D eigenvalue weighted by Gasteiger charge is 2.07. The van der Waals surface area contributed by atoms with E-state index in [9.17, 15) is 0 Å². The van der Waals surface area contributed by atoms with Crippen LogP contribution in [0.4, 0.5) is 0 Å². The minimum atomic E-state index is -0.103. The summed E-state index contributed by atoms with van der Waals surface area (Å²) in [6.45, 7) is 1.99. The Hall–Kier alpha value is -2.27. The summed E-state index contributed by atoms with van der Waals surface area (Å²) in [4.78, 5) is 0. The van der Waals surface area contributed by atoms with E-state index in [0.717, 1.165) is 11.1 Å². The molecule has 19 heavy (non-hydrogen) atoms. The van der Waals surface area contributed by atoms with Crippen LogP contribution in [0, 0.1) is 6.92 Å². The Morgan fingerprint density at radius 1 is 1.26 bits per heavy atom. The van der Waals surface area contributed by atoms with Gasteiger partial charge in [0.15, 0.2) is 0 Å². The van der Waals surface area contributed by atoms with Crippen molar-refractivity contribution in [1.29, 1.82) is 0 Å². The molecule has 0 spiro atoms. The average molecular weight is 277 g/mol. The van der Waals surface area contributed by atoms with Gasteiger partial charge in [0.05, 0.1) is 6.21 Å². The molecule has 0 saturated heterocycles. The number of aryl methyl sites for hydroxylation is 1. The van der Waals surface area contributed by atoms with Gasteiger partial charge in [-0.2, -0.15) is 5.10 Å². The van der Waals surface area contributed by atoms with Crippen molar-refractivity contribution in [3.63, 3.8) is 0 Å². The van der Waals surface area contributed by atoms with E-state index in [4.69, 9.17) is 27.5 Å². The zero-order valence-electron chi connectivity index (χ0n) is 10.3. The second-order valence-corrected chi connectivity index (χ2v) is 4.37. The topological polar surface area (TPSA) is 89.9 Å². The Morgan fingerprint density at radius 3 is 2.79 bits per heavy atom. The minimum absolute atomic E-state index is 0.103. The summed E-state index contributed by atoms with van der Waals surface area (Å²) in [7, 11) is 0. The summed E-state index contributed by atoms with van der Waals surface area (Å²) >= 11 is 5.98. The molecule has 4 N–H and O–H groups in total. The van der Waals surface area contributed by atoms with Gasteiger partial charge in [0.1, 0.15) is 11.5 Å². The van der Waals surface area contributed by atoms with E-state index >= 15 is 0 Å². The molecule has 0 aliphatic heterocycles. The Morgan fingerprint density at radius 2 is 2.05 bits per heavy atom. The highest BCUT2D eigenvalue weighted by Crippen LogP contribution is 2.27. The van der Waals surface area contributed by atoms with E-state index < -0.39 is 0 Å². The van der Waals surface area contributed by atoms with Crippen LogP contribution in [-0.4, -0.2) is 12.2 Å². The standard InChI is InChI=1S/C13H13ClN4O/c1-8-2-3-9(14)6-11(8)12-5-4-10(19-12)7-17-18-13(15)16/h2-7H,1H3,(H4,15,16,18)/b17-7-. The quantitative estimate of drug-likeness (QED) is 0.513. The molecule has 0 radical (unpaired) electrons. The largest absolute Gasteiger partial charge is 0.455 e. The van der Waals surface area contributed by atoms with E-state index in [1.54, 1.807) is 6.07 Å². The molecule has 0 saturated carbocycles. The summed E-state index contributed by atoms with van der Waals surface area (Å²) in [5.74, 6) is 1.17. The molecule has 0 amide bonds. The number of furan rings is 1. The van der Waals surface area contributed by atoms with Gasteiger partial charge in [-0.25, -0.2) is 0 Å². The molecule has 1 aromatic heterocycles. The number of halogens is 1. The molecule has 0 atom stereocenters. The molecule has 6 heteroatoms. The van der Waals surface area contributed by atoms with Gasteiger partial charge in [-0.3, -0.25) is 0 Å². The summed E-state index contributed by atoms with van der Waals surface area (Å²) in [6, 6.07) is 9.25. The number of hydrogen-bond donors (Lipinski definition) is 2. The predicted molar refractivity (Wildman–Crippen MR) is 77.3 cm³/mol. The normalized spacial score (nSPS) is 10.8. The summed E-state index contributed by atoms with van der Waals surface area (Å²) in [5, 5.41) is 7.84. The third-order valence-electron chi connectivity index (χ3n) is 2.45. The van der Waals surface area contributed by atoms with Crippen LogP contribution in [0.15, 0.2) is 45.0 Å². The fraction of sp³-hybridized carbons (Fsp3) is 0.0769. The van der Waals surface area contributed by atoms with Gasteiger partial charge in [0.25, 0.3) is 0 Å². The van der Waals surface area contributed by atoms with E-state index in [1.807, 2.05) is 31.2 Å². The third-order valence-corrected chi connectivity index (χ3v) is 2.69. The summed E-state index contributed by atoms with van der Waals surface area (Å²) in [5.41, 5.74) is 12.3. The second-order valence-electron chi connectivity index (χ2n) is 3.93. The number of nitrogens with zero attached hydrogens (tertiary/aromatic N) is 2. The summed E-state index contributed by atoms with van der Waals surface area (Å²) in [6.07, 6.45) is 1.43. The zero-order valence-corrected chi connectivity index (χ0v) is 11.1. The second kappa shape index (κ2) is 5.58. The van der Waals surface area contributed by atoms with E-state index in [1.165, 1.54) is 6.21 Å². The number of benzene rings is 1. The molecule has 98 valence electrons. The zero-order chi connectivity index (χ0) is 13.8. The predicted octanol–water partition coefficient (Wildman–Crippen LogP) is 2.52. The Labute approximate surface area is 115 Å². The Bertz CT molecular complexity index is 642. The Kier molecular flexibility index (Phi) is 3.87. The lowest BCUT2D eigenvalue weighted by Gasteiger charge is -2.02. The first-order valence-corrected chi connectivity index (χ1v) is 5.92. The number of rotatable bonds is 3. The fourth-order valence-electron chi connectivity index (χ4n) is 1.58. The maximum absolute atomic E-state index is 5.98. The average Bonchev–Trinajstić information content (AvgIpc) is 2.80. The van der Waals surface area contributed by atoms with Gasteiger partial charge < -0.3 is 15.9 Å². The van der Waals surface area contributed by atoms with Crippen LogP contribution in [0.3, 0.4) is 0 Å². The number of hydrogen-bond acceptors (Lipinski definition) is 3. The van der Waals surface area contributed by atoms with Crippen LogP contribution >= 0.6 is 11.6 Å². The molecule has 1 heterocycles. The van der Waals surface area contributed by atoms with Gasteiger partial charge in [-0.1, -0.05) is 17.7 Å². The van der Waals surface area contributed by atoms with Crippen molar-refractivity contribution < 1.29 is 4.42 Å². The molecule has 0 bridgehead atoms. The number of guanidine groups is 1. The highest BCUT2D eigenvalue weighted by molar-refractivity contribution is 6.30. The van der Waals surface area contributed by atoms with Crippen molar-refractivity contribution in [2.45, 2.75) is 6.92 Å². The van der Waals surface area contributed by atoms with Crippen molar-refractivity contribution in [3.8, 4) is 11.3 Å². The highest BCUT2D eigenvalue weighted by atomic mass is 35.5. The van der Waals surface area contributed by atoms with Crippen molar-refractivity contribution in [2.24, 2.45) is 21.7 Å². The van der Waals surface area contributed by atoms with Crippen molar-refractivity contribution in [3.05, 3.63) is 46.7 Å². The van der Waals surface area contributed by atoms with Crippen molar-refractivity contribution in [1.82, 2.24) is 0 Å².